The van der Waals surface area contributed by atoms with Crippen molar-refractivity contribution >= 4 is 11.0 Å². The van der Waals surface area contributed by atoms with E-state index in [9.17, 15) is 9.90 Å². The van der Waals surface area contributed by atoms with Gasteiger partial charge >= 0.3 is 0 Å². The maximum Gasteiger partial charge on any atom is 0.235 e. The lowest BCUT2D eigenvalue weighted by Crippen LogP contribution is -2.43. The van der Waals surface area contributed by atoms with Crippen LogP contribution in [0, 0.1) is 0 Å². The summed E-state index contributed by atoms with van der Waals surface area (Å²) in [6.07, 6.45) is 1.31. The Labute approximate surface area is 175 Å². The molecule has 0 aliphatic carbocycles. The fourth-order valence-corrected chi connectivity index (χ4v) is 3.61. The summed E-state index contributed by atoms with van der Waals surface area (Å²) in [6, 6.07) is 10.3. The Morgan fingerprint density at radius 1 is 1.03 bits per heavy atom. The fraction of sp³-hybridized carbons (Fsp3) is 0.348. The van der Waals surface area contributed by atoms with E-state index >= 15 is 0 Å². The van der Waals surface area contributed by atoms with Crippen molar-refractivity contribution < 1.29 is 19.0 Å². The van der Waals surface area contributed by atoms with Gasteiger partial charge in [-0.2, -0.15) is 0 Å². The van der Waals surface area contributed by atoms with E-state index in [-0.39, 0.29) is 16.9 Å². The zero-order chi connectivity index (χ0) is 21.1. The smallest absolute Gasteiger partial charge is 0.235 e. The summed E-state index contributed by atoms with van der Waals surface area (Å²) in [6.45, 7) is 6.61. The quantitative estimate of drug-likeness (QED) is 0.667. The van der Waals surface area contributed by atoms with Gasteiger partial charge in [0.15, 0.2) is 11.5 Å². The Kier molecular flexibility index (Phi) is 5.92. The van der Waals surface area contributed by atoms with Gasteiger partial charge in [0.25, 0.3) is 0 Å². The molecule has 1 aliphatic heterocycles. The topological polar surface area (TPSA) is 75.4 Å². The first-order valence-electron chi connectivity index (χ1n) is 10.1. The van der Waals surface area contributed by atoms with Gasteiger partial charge in [-0.05, 0) is 38.2 Å². The third-order valence-electron chi connectivity index (χ3n) is 5.33. The Morgan fingerprint density at radius 3 is 2.50 bits per heavy atom. The molecule has 0 saturated carbocycles. The first-order chi connectivity index (χ1) is 14.6. The molecule has 1 aliphatic rings. The Balaban J connectivity index is 1.67. The maximum absolute atomic E-state index is 13.1. The Bertz CT molecular complexity index is 1090. The van der Waals surface area contributed by atoms with E-state index in [4.69, 9.17) is 13.9 Å². The molecule has 0 bridgehead atoms. The zero-order valence-corrected chi connectivity index (χ0v) is 17.3. The molecule has 0 amide bonds. The molecular weight excluding hydrogens is 384 g/mol. The van der Waals surface area contributed by atoms with Crippen LogP contribution in [0.15, 0.2) is 51.9 Å². The van der Waals surface area contributed by atoms with Crippen molar-refractivity contribution in [3.05, 3.63) is 58.4 Å². The molecule has 7 nitrogen and oxygen atoms in total. The molecule has 1 saturated heterocycles. The van der Waals surface area contributed by atoms with Crippen LogP contribution >= 0.6 is 0 Å². The average Bonchev–Trinajstić information content (AvgIpc) is 2.75. The number of nitrogens with zero attached hydrogens (tertiary/aromatic N) is 2. The lowest BCUT2D eigenvalue weighted by molar-refractivity contribution is 0.147. The van der Waals surface area contributed by atoms with Crippen LogP contribution in [-0.4, -0.2) is 54.7 Å². The third-order valence-corrected chi connectivity index (χ3v) is 5.33. The Hall–Kier alpha value is -3.03. The largest absolute Gasteiger partial charge is 0.507 e. The summed E-state index contributed by atoms with van der Waals surface area (Å²) >= 11 is 0. The molecule has 30 heavy (non-hydrogen) atoms. The highest BCUT2D eigenvalue weighted by Gasteiger charge is 2.20. The van der Waals surface area contributed by atoms with E-state index < -0.39 is 0 Å². The molecular formula is C23H26N2O5. The van der Waals surface area contributed by atoms with Crippen molar-refractivity contribution in [2.45, 2.75) is 13.5 Å². The molecule has 2 aromatic carbocycles. The van der Waals surface area contributed by atoms with Crippen molar-refractivity contribution in [2.24, 2.45) is 0 Å². The monoisotopic (exact) mass is 410 g/mol. The molecule has 1 N–H and O–H groups in total. The summed E-state index contributed by atoms with van der Waals surface area (Å²) in [5, 5.41) is 10.8. The minimum atomic E-state index is -0.290. The summed E-state index contributed by atoms with van der Waals surface area (Å²) in [7, 11) is 2.09. The van der Waals surface area contributed by atoms with E-state index in [2.05, 4.69) is 16.8 Å². The van der Waals surface area contributed by atoms with Gasteiger partial charge in [-0.15, -0.1) is 0 Å². The normalized spacial score (nSPS) is 15.4. The molecule has 2 heterocycles. The van der Waals surface area contributed by atoms with Gasteiger partial charge in [0.05, 0.1) is 17.6 Å². The molecule has 3 aromatic rings. The van der Waals surface area contributed by atoms with Crippen LogP contribution in [0.1, 0.15) is 12.5 Å². The van der Waals surface area contributed by atoms with E-state index in [0.29, 0.717) is 41.2 Å². The Morgan fingerprint density at radius 2 is 1.77 bits per heavy atom. The number of hydrogen-bond donors (Lipinski definition) is 1. The number of ether oxygens (including phenoxy) is 2. The number of likely N-dealkylation sites (N-methyl/N-ethyl adjacent to an activating group) is 1. The second-order valence-electron chi connectivity index (χ2n) is 7.43. The zero-order valence-electron chi connectivity index (χ0n) is 17.3. The highest BCUT2D eigenvalue weighted by Crippen LogP contribution is 2.32. The highest BCUT2D eigenvalue weighted by molar-refractivity contribution is 5.83. The molecule has 0 unspecified atom stereocenters. The van der Waals surface area contributed by atoms with Gasteiger partial charge in [0, 0.05) is 32.7 Å². The van der Waals surface area contributed by atoms with Crippen LogP contribution in [0.5, 0.6) is 23.0 Å². The molecule has 4 rings (SSSR count). The van der Waals surface area contributed by atoms with Crippen LogP contribution in [0.25, 0.3) is 11.0 Å². The van der Waals surface area contributed by atoms with Gasteiger partial charge in [0.2, 0.25) is 11.2 Å². The second-order valence-corrected chi connectivity index (χ2v) is 7.43. The average molecular weight is 410 g/mol. The van der Waals surface area contributed by atoms with E-state index in [1.807, 2.05) is 19.1 Å². The van der Waals surface area contributed by atoms with E-state index in [1.54, 1.807) is 24.3 Å². The number of fused-ring (bicyclic) bond motifs is 1. The predicted octanol–water partition coefficient (Wildman–Crippen LogP) is 3.44. The van der Waals surface area contributed by atoms with Crippen molar-refractivity contribution in [1.82, 2.24) is 9.80 Å². The van der Waals surface area contributed by atoms with Crippen LogP contribution in [0.2, 0.25) is 0 Å². The lowest BCUT2D eigenvalue weighted by atomic mass is 10.1. The third kappa shape index (κ3) is 4.13. The van der Waals surface area contributed by atoms with Gasteiger partial charge in [-0.3, -0.25) is 9.69 Å². The summed E-state index contributed by atoms with van der Waals surface area (Å²) in [5.74, 6) is 1.20. The minimum Gasteiger partial charge on any atom is -0.507 e. The standard InChI is InChI=1S/C23H26N2O5/c1-3-28-19-6-4-5-7-20(19)30-21-15-29-23-16(22(21)27)8-9-18(26)17(23)14-25-12-10-24(2)11-13-25/h4-9,15,26H,3,10-14H2,1-2H3. The van der Waals surface area contributed by atoms with Crippen LogP contribution in [0.4, 0.5) is 0 Å². The molecule has 0 spiro atoms. The summed E-state index contributed by atoms with van der Waals surface area (Å²) in [4.78, 5) is 17.6. The first-order valence-corrected chi connectivity index (χ1v) is 10.1. The number of benzene rings is 2. The summed E-state index contributed by atoms with van der Waals surface area (Å²) < 4.78 is 17.2. The van der Waals surface area contributed by atoms with Gasteiger partial charge in [-0.1, -0.05) is 12.1 Å². The van der Waals surface area contributed by atoms with Crippen LogP contribution < -0.4 is 14.9 Å². The number of rotatable bonds is 6. The van der Waals surface area contributed by atoms with Gasteiger partial charge in [-0.25, -0.2) is 0 Å². The SMILES string of the molecule is CCOc1ccccc1Oc1coc2c(CN3CCN(C)CC3)c(O)ccc2c1=O. The van der Waals surface area contributed by atoms with Crippen molar-refractivity contribution in [2.75, 3.05) is 39.8 Å². The number of para-hydroxylation sites is 2. The highest BCUT2D eigenvalue weighted by atomic mass is 16.5. The molecule has 1 fully saturated rings. The molecule has 158 valence electrons. The predicted molar refractivity (Wildman–Crippen MR) is 115 cm³/mol. The van der Waals surface area contributed by atoms with Crippen molar-refractivity contribution in [3.8, 4) is 23.0 Å². The molecule has 0 atom stereocenters. The molecule has 1 aromatic heterocycles. The fourth-order valence-electron chi connectivity index (χ4n) is 3.61. The maximum atomic E-state index is 13.1. The molecule has 7 heteroatoms. The van der Waals surface area contributed by atoms with Crippen molar-refractivity contribution in [1.29, 1.82) is 0 Å². The number of phenols is 1. The van der Waals surface area contributed by atoms with Crippen molar-refractivity contribution in [3.63, 3.8) is 0 Å². The minimum absolute atomic E-state index is 0.0749. The van der Waals surface area contributed by atoms with Crippen LogP contribution in [-0.2, 0) is 6.54 Å². The second kappa shape index (κ2) is 8.77. The van der Waals surface area contributed by atoms with Gasteiger partial charge in [0.1, 0.15) is 17.6 Å². The number of piperazine rings is 1. The number of hydrogen-bond acceptors (Lipinski definition) is 7. The lowest BCUT2D eigenvalue weighted by Gasteiger charge is -2.32. The number of phenolic OH excluding ortho intramolecular Hbond substituents is 1. The van der Waals surface area contributed by atoms with E-state index in [1.165, 1.54) is 6.26 Å². The summed E-state index contributed by atoms with van der Waals surface area (Å²) in [5.41, 5.74) is 0.724. The van der Waals surface area contributed by atoms with Gasteiger partial charge < -0.3 is 23.9 Å². The van der Waals surface area contributed by atoms with Crippen LogP contribution in [0.3, 0.4) is 0 Å². The van der Waals surface area contributed by atoms with E-state index in [0.717, 1.165) is 26.2 Å². The number of aromatic hydroxyl groups is 1. The first kappa shape index (κ1) is 20.3. The molecule has 0 radical (unpaired) electrons.